The van der Waals surface area contributed by atoms with E-state index in [1.54, 1.807) is 11.0 Å². The number of rotatable bonds is 8. The summed E-state index contributed by atoms with van der Waals surface area (Å²) in [5.41, 5.74) is 2.49. The van der Waals surface area contributed by atoms with E-state index in [-0.39, 0.29) is 17.8 Å². The highest BCUT2D eigenvalue weighted by atomic mass is 19.1. The van der Waals surface area contributed by atoms with Gasteiger partial charge in [0.05, 0.1) is 11.8 Å². The highest BCUT2D eigenvalue weighted by Gasteiger charge is 2.18. The SMILES string of the molecule is CN(CCCc1cc(-c2cccc(F)c2)n[nH]1)C(=O)CCC1CCCO1. The number of ether oxygens (including phenoxy) is 1. The smallest absolute Gasteiger partial charge is 0.222 e. The van der Waals surface area contributed by atoms with Gasteiger partial charge in [-0.15, -0.1) is 0 Å². The van der Waals surface area contributed by atoms with Crippen LogP contribution < -0.4 is 0 Å². The number of hydrogen-bond donors (Lipinski definition) is 1. The summed E-state index contributed by atoms with van der Waals surface area (Å²) in [4.78, 5) is 14.0. The summed E-state index contributed by atoms with van der Waals surface area (Å²) >= 11 is 0. The first-order valence-corrected chi connectivity index (χ1v) is 9.27. The Bertz CT molecular complexity index is 725. The maximum atomic E-state index is 13.3. The van der Waals surface area contributed by atoms with E-state index in [1.807, 2.05) is 19.2 Å². The van der Waals surface area contributed by atoms with Crippen molar-refractivity contribution in [3.8, 4) is 11.3 Å². The van der Waals surface area contributed by atoms with Gasteiger partial charge in [0, 0.05) is 37.9 Å². The molecule has 1 amide bonds. The molecule has 3 rings (SSSR count). The lowest BCUT2D eigenvalue weighted by Gasteiger charge is -2.18. The number of nitrogens with zero attached hydrogens (tertiary/aromatic N) is 2. The zero-order valence-electron chi connectivity index (χ0n) is 15.2. The van der Waals surface area contributed by atoms with Gasteiger partial charge < -0.3 is 9.64 Å². The van der Waals surface area contributed by atoms with Gasteiger partial charge in [0.15, 0.2) is 0 Å². The molecule has 2 aromatic rings. The van der Waals surface area contributed by atoms with Crippen LogP contribution >= 0.6 is 0 Å². The van der Waals surface area contributed by atoms with Crippen molar-refractivity contribution in [3.63, 3.8) is 0 Å². The number of benzene rings is 1. The van der Waals surface area contributed by atoms with Crippen LogP contribution in [0.25, 0.3) is 11.3 Å². The van der Waals surface area contributed by atoms with Crippen LogP contribution in [0.1, 0.15) is 37.8 Å². The molecule has 1 N–H and O–H groups in total. The fraction of sp³-hybridized carbons (Fsp3) is 0.500. The molecule has 0 aliphatic carbocycles. The fourth-order valence-corrected chi connectivity index (χ4v) is 3.26. The number of aromatic amines is 1. The Morgan fingerprint density at radius 3 is 3.08 bits per heavy atom. The molecule has 5 nitrogen and oxygen atoms in total. The third-order valence-corrected chi connectivity index (χ3v) is 4.82. The van der Waals surface area contributed by atoms with E-state index in [1.165, 1.54) is 12.1 Å². The number of hydrogen-bond acceptors (Lipinski definition) is 3. The molecule has 1 aliphatic heterocycles. The Morgan fingerprint density at radius 2 is 2.31 bits per heavy atom. The van der Waals surface area contributed by atoms with Crippen molar-refractivity contribution in [2.75, 3.05) is 20.2 Å². The molecule has 1 fully saturated rings. The minimum Gasteiger partial charge on any atom is -0.378 e. The standard InChI is InChI=1S/C20H26FN3O2/c1-24(20(25)10-9-18-8-4-12-26-18)11-3-7-17-14-19(23-22-17)15-5-2-6-16(21)13-15/h2,5-6,13-14,18H,3-4,7-12H2,1H3,(H,22,23). The Kier molecular flexibility index (Phi) is 6.39. The van der Waals surface area contributed by atoms with Crippen molar-refractivity contribution in [1.82, 2.24) is 15.1 Å². The van der Waals surface area contributed by atoms with Gasteiger partial charge in [-0.1, -0.05) is 12.1 Å². The van der Waals surface area contributed by atoms with E-state index < -0.39 is 0 Å². The summed E-state index contributed by atoms with van der Waals surface area (Å²) in [6.45, 7) is 1.54. The first-order valence-electron chi connectivity index (χ1n) is 9.27. The van der Waals surface area contributed by atoms with Gasteiger partial charge in [-0.2, -0.15) is 5.10 Å². The number of carbonyl (C=O) groups excluding carboxylic acids is 1. The molecule has 140 valence electrons. The van der Waals surface area contributed by atoms with Crippen LogP contribution in [0.3, 0.4) is 0 Å². The summed E-state index contributed by atoms with van der Waals surface area (Å²) in [5.74, 6) is -0.0965. The first-order chi connectivity index (χ1) is 12.6. The lowest BCUT2D eigenvalue weighted by atomic mass is 10.1. The van der Waals surface area contributed by atoms with Crippen LogP contribution in [-0.4, -0.2) is 47.3 Å². The van der Waals surface area contributed by atoms with E-state index in [2.05, 4.69) is 10.2 Å². The number of aryl methyl sites for hydroxylation is 1. The van der Waals surface area contributed by atoms with Gasteiger partial charge in [-0.05, 0) is 50.3 Å². The van der Waals surface area contributed by atoms with Crippen LogP contribution in [-0.2, 0) is 16.0 Å². The molecule has 1 aromatic heterocycles. The monoisotopic (exact) mass is 359 g/mol. The van der Waals surface area contributed by atoms with Gasteiger partial charge in [0.1, 0.15) is 5.82 Å². The molecule has 0 saturated carbocycles. The van der Waals surface area contributed by atoms with Gasteiger partial charge in [0.2, 0.25) is 5.91 Å². The highest BCUT2D eigenvalue weighted by molar-refractivity contribution is 5.75. The second-order valence-electron chi connectivity index (χ2n) is 6.88. The molecule has 1 saturated heterocycles. The molecular formula is C20H26FN3O2. The molecule has 2 heterocycles. The zero-order chi connectivity index (χ0) is 18.4. The summed E-state index contributed by atoms with van der Waals surface area (Å²) in [5, 5.41) is 7.24. The van der Waals surface area contributed by atoms with E-state index >= 15 is 0 Å². The lowest BCUT2D eigenvalue weighted by Crippen LogP contribution is -2.28. The zero-order valence-corrected chi connectivity index (χ0v) is 15.2. The Labute approximate surface area is 153 Å². The number of carbonyl (C=O) groups is 1. The summed E-state index contributed by atoms with van der Waals surface area (Å²) < 4.78 is 18.9. The molecule has 6 heteroatoms. The average Bonchev–Trinajstić information content (AvgIpc) is 3.31. The fourth-order valence-electron chi connectivity index (χ4n) is 3.26. The van der Waals surface area contributed by atoms with Crippen molar-refractivity contribution in [3.05, 3.63) is 41.8 Å². The maximum Gasteiger partial charge on any atom is 0.222 e. The number of amides is 1. The van der Waals surface area contributed by atoms with E-state index in [4.69, 9.17) is 4.74 Å². The maximum absolute atomic E-state index is 13.3. The lowest BCUT2D eigenvalue weighted by molar-refractivity contribution is -0.130. The molecule has 0 bridgehead atoms. The quantitative estimate of drug-likeness (QED) is 0.784. The predicted octanol–water partition coefficient (Wildman–Crippen LogP) is 3.57. The normalized spacial score (nSPS) is 16.8. The molecule has 1 aromatic carbocycles. The van der Waals surface area contributed by atoms with E-state index in [0.29, 0.717) is 13.0 Å². The number of H-pyrrole nitrogens is 1. The number of nitrogens with one attached hydrogen (secondary N) is 1. The molecule has 26 heavy (non-hydrogen) atoms. The van der Waals surface area contributed by atoms with Gasteiger partial charge in [0.25, 0.3) is 0 Å². The molecule has 1 aliphatic rings. The van der Waals surface area contributed by atoms with Gasteiger partial charge >= 0.3 is 0 Å². The van der Waals surface area contributed by atoms with Crippen molar-refractivity contribution in [2.24, 2.45) is 0 Å². The largest absolute Gasteiger partial charge is 0.378 e. The first kappa shape index (κ1) is 18.6. The molecular weight excluding hydrogens is 333 g/mol. The Morgan fingerprint density at radius 1 is 1.42 bits per heavy atom. The molecule has 1 unspecified atom stereocenters. The molecule has 1 atom stereocenters. The minimum atomic E-state index is -0.268. The second-order valence-corrected chi connectivity index (χ2v) is 6.88. The summed E-state index contributed by atoms with van der Waals surface area (Å²) in [6, 6.07) is 8.34. The van der Waals surface area contributed by atoms with Gasteiger partial charge in [-0.25, -0.2) is 4.39 Å². The number of halogens is 1. The van der Waals surface area contributed by atoms with Crippen LogP contribution in [0, 0.1) is 5.82 Å². The minimum absolute atomic E-state index is 0.172. The summed E-state index contributed by atoms with van der Waals surface area (Å²) in [7, 11) is 1.85. The Hall–Kier alpha value is -2.21. The van der Waals surface area contributed by atoms with Crippen molar-refractivity contribution in [1.29, 1.82) is 0 Å². The van der Waals surface area contributed by atoms with E-state index in [9.17, 15) is 9.18 Å². The summed E-state index contributed by atoms with van der Waals surface area (Å²) in [6.07, 6.45) is 5.47. The number of aromatic nitrogens is 2. The average molecular weight is 359 g/mol. The molecule has 0 spiro atoms. The third kappa shape index (κ3) is 5.14. The van der Waals surface area contributed by atoms with Crippen LogP contribution in [0.2, 0.25) is 0 Å². The predicted molar refractivity (Wildman–Crippen MR) is 98.1 cm³/mol. The second kappa shape index (κ2) is 8.94. The van der Waals surface area contributed by atoms with Crippen molar-refractivity contribution >= 4 is 5.91 Å². The van der Waals surface area contributed by atoms with Crippen LogP contribution in [0.5, 0.6) is 0 Å². The third-order valence-electron chi connectivity index (χ3n) is 4.82. The van der Waals surface area contributed by atoms with E-state index in [0.717, 1.165) is 55.7 Å². The van der Waals surface area contributed by atoms with Crippen molar-refractivity contribution < 1.29 is 13.9 Å². The van der Waals surface area contributed by atoms with Gasteiger partial charge in [-0.3, -0.25) is 9.89 Å². The topological polar surface area (TPSA) is 58.2 Å². The highest BCUT2D eigenvalue weighted by Crippen LogP contribution is 2.19. The van der Waals surface area contributed by atoms with Crippen LogP contribution in [0.4, 0.5) is 4.39 Å². The molecule has 0 radical (unpaired) electrons. The van der Waals surface area contributed by atoms with Crippen LogP contribution in [0.15, 0.2) is 30.3 Å². The Balaban J connectivity index is 1.41. The van der Waals surface area contributed by atoms with Crippen molar-refractivity contribution in [2.45, 2.75) is 44.6 Å².